The third-order valence-electron chi connectivity index (χ3n) is 2.58. The van der Waals surface area contributed by atoms with E-state index >= 15 is 0 Å². The number of benzene rings is 1. The van der Waals surface area contributed by atoms with Crippen LogP contribution in [0.1, 0.15) is 23.2 Å². The lowest BCUT2D eigenvalue weighted by atomic mass is 10.1. The molecule has 1 atom stereocenters. The maximum absolute atomic E-state index is 13.2. The van der Waals surface area contributed by atoms with Crippen molar-refractivity contribution in [2.45, 2.75) is 18.9 Å². The Hall–Kier alpha value is -2.64. The molecule has 0 bridgehead atoms. The number of para-hydroxylation sites is 1. The number of nitrogen functional groups attached to an aromatic ring is 1. The second kappa shape index (κ2) is 6.50. The number of carbonyl (C=O) groups is 3. The van der Waals surface area contributed by atoms with E-state index in [-0.39, 0.29) is 24.1 Å². The fourth-order valence-corrected chi connectivity index (χ4v) is 1.52. The van der Waals surface area contributed by atoms with Crippen molar-refractivity contribution in [3.8, 4) is 0 Å². The smallest absolute Gasteiger partial charge is 0.326 e. The van der Waals surface area contributed by atoms with E-state index in [9.17, 15) is 18.8 Å². The van der Waals surface area contributed by atoms with Gasteiger partial charge in [-0.2, -0.15) is 0 Å². The number of rotatable bonds is 6. The van der Waals surface area contributed by atoms with Crippen molar-refractivity contribution in [1.29, 1.82) is 0 Å². The van der Waals surface area contributed by atoms with Gasteiger partial charge in [0.25, 0.3) is 5.91 Å². The predicted octanol–water partition coefficient (Wildman–Crippen LogP) is -0.144. The van der Waals surface area contributed by atoms with Gasteiger partial charge < -0.3 is 21.9 Å². The first kappa shape index (κ1) is 15.4. The van der Waals surface area contributed by atoms with Gasteiger partial charge in [-0.3, -0.25) is 9.59 Å². The molecular formula is C12H14FN3O4. The average Bonchev–Trinajstić information content (AvgIpc) is 2.36. The minimum Gasteiger partial charge on any atom is -0.480 e. The number of hydrogen-bond acceptors (Lipinski definition) is 4. The Morgan fingerprint density at radius 3 is 2.55 bits per heavy atom. The van der Waals surface area contributed by atoms with Gasteiger partial charge in [-0.25, -0.2) is 9.18 Å². The number of nitrogens with two attached hydrogens (primary N) is 2. The Labute approximate surface area is 113 Å². The van der Waals surface area contributed by atoms with Crippen molar-refractivity contribution >= 4 is 23.5 Å². The molecule has 0 aromatic heterocycles. The number of carbonyl (C=O) groups excluding carboxylic acids is 2. The lowest BCUT2D eigenvalue weighted by Crippen LogP contribution is -2.41. The van der Waals surface area contributed by atoms with E-state index in [1.54, 1.807) is 0 Å². The molecule has 0 aliphatic rings. The van der Waals surface area contributed by atoms with Gasteiger partial charge in [0.2, 0.25) is 5.91 Å². The zero-order valence-corrected chi connectivity index (χ0v) is 10.4. The molecule has 0 radical (unpaired) electrons. The van der Waals surface area contributed by atoms with Crippen LogP contribution in [-0.4, -0.2) is 28.9 Å². The van der Waals surface area contributed by atoms with Crippen LogP contribution in [0.3, 0.4) is 0 Å². The number of carboxylic acid groups (broad SMARTS) is 1. The molecule has 0 aliphatic heterocycles. The van der Waals surface area contributed by atoms with Gasteiger partial charge >= 0.3 is 5.97 Å². The molecule has 0 unspecified atom stereocenters. The van der Waals surface area contributed by atoms with Crippen LogP contribution in [0.25, 0.3) is 0 Å². The molecule has 20 heavy (non-hydrogen) atoms. The molecule has 6 N–H and O–H groups in total. The van der Waals surface area contributed by atoms with Crippen molar-refractivity contribution in [3.05, 3.63) is 29.6 Å². The van der Waals surface area contributed by atoms with Crippen LogP contribution in [0.5, 0.6) is 0 Å². The van der Waals surface area contributed by atoms with E-state index < -0.39 is 29.6 Å². The first-order valence-corrected chi connectivity index (χ1v) is 5.69. The summed E-state index contributed by atoms with van der Waals surface area (Å²) in [5, 5.41) is 11.1. The van der Waals surface area contributed by atoms with Gasteiger partial charge in [-0.1, -0.05) is 6.07 Å². The standard InChI is InChI=1S/C12H14FN3O4/c13-7-3-1-2-6(10(7)15)11(18)16-8(12(19)20)4-5-9(14)17/h1-3,8H,4-5,15H2,(H2,14,17)(H,16,18)(H,19,20)/t8-/m0/s1. The van der Waals surface area contributed by atoms with E-state index in [1.807, 2.05) is 0 Å². The first-order valence-electron chi connectivity index (χ1n) is 5.69. The highest BCUT2D eigenvalue weighted by Gasteiger charge is 2.22. The number of hydrogen-bond donors (Lipinski definition) is 4. The van der Waals surface area contributed by atoms with Crippen LogP contribution < -0.4 is 16.8 Å². The zero-order valence-electron chi connectivity index (χ0n) is 10.4. The quantitative estimate of drug-likeness (QED) is 0.539. The Balaban J connectivity index is 2.83. The second-order valence-corrected chi connectivity index (χ2v) is 4.07. The van der Waals surface area contributed by atoms with Crippen LogP contribution >= 0.6 is 0 Å². The summed E-state index contributed by atoms with van der Waals surface area (Å²) in [6.45, 7) is 0. The molecule has 8 heteroatoms. The highest BCUT2D eigenvalue weighted by atomic mass is 19.1. The van der Waals surface area contributed by atoms with Crippen LogP contribution in [0.4, 0.5) is 10.1 Å². The minimum absolute atomic E-state index is 0.161. The molecule has 0 spiro atoms. The number of anilines is 1. The fraction of sp³-hybridized carbons (Fsp3) is 0.250. The lowest BCUT2D eigenvalue weighted by Gasteiger charge is -2.14. The van der Waals surface area contributed by atoms with Crippen LogP contribution in [0.15, 0.2) is 18.2 Å². The molecule has 0 aliphatic carbocycles. The summed E-state index contributed by atoms with van der Waals surface area (Å²) in [6, 6.07) is 2.31. The summed E-state index contributed by atoms with van der Waals surface area (Å²) in [7, 11) is 0. The van der Waals surface area contributed by atoms with Crippen molar-refractivity contribution in [2.24, 2.45) is 5.73 Å². The summed E-state index contributed by atoms with van der Waals surface area (Å²) >= 11 is 0. The molecule has 1 aromatic rings. The van der Waals surface area contributed by atoms with Gasteiger partial charge in [0, 0.05) is 6.42 Å². The number of primary amides is 1. The summed E-state index contributed by atoms with van der Waals surface area (Å²) in [4.78, 5) is 33.4. The van der Waals surface area contributed by atoms with Crippen molar-refractivity contribution < 1.29 is 23.9 Å². The van der Waals surface area contributed by atoms with Gasteiger partial charge in [0.05, 0.1) is 11.3 Å². The number of amides is 2. The predicted molar refractivity (Wildman–Crippen MR) is 68.1 cm³/mol. The molecular weight excluding hydrogens is 269 g/mol. The van der Waals surface area contributed by atoms with Crippen LogP contribution in [-0.2, 0) is 9.59 Å². The summed E-state index contributed by atoms with van der Waals surface area (Å²) in [5.74, 6) is -3.62. The summed E-state index contributed by atoms with van der Waals surface area (Å²) in [6.07, 6.45) is -0.360. The molecule has 2 amide bonds. The molecule has 0 saturated carbocycles. The fourth-order valence-electron chi connectivity index (χ4n) is 1.52. The maximum Gasteiger partial charge on any atom is 0.326 e. The van der Waals surface area contributed by atoms with Crippen molar-refractivity contribution in [3.63, 3.8) is 0 Å². The molecule has 0 fully saturated rings. The normalized spacial score (nSPS) is 11.7. The maximum atomic E-state index is 13.2. The number of aliphatic carboxylic acids is 1. The Morgan fingerprint density at radius 1 is 1.35 bits per heavy atom. The second-order valence-electron chi connectivity index (χ2n) is 4.07. The summed E-state index contributed by atoms with van der Waals surface area (Å²) < 4.78 is 13.2. The minimum atomic E-state index is -1.32. The van der Waals surface area contributed by atoms with Gasteiger partial charge in [-0.05, 0) is 18.6 Å². The SMILES string of the molecule is NC(=O)CC[C@H](NC(=O)c1cccc(F)c1N)C(=O)O. The van der Waals surface area contributed by atoms with E-state index in [0.717, 1.165) is 6.07 Å². The number of halogens is 1. The van der Waals surface area contributed by atoms with Gasteiger partial charge in [-0.15, -0.1) is 0 Å². The van der Waals surface area contributed by atoms with E-state index in [4.69, 9.17) is 16.6 Å². The van der Waals surface area contributed by atoms with Crippen LogP contribution in [0.2, 0.25) is 0 Å². The van der Waals surface area contributed by atoms with E-state index in [0.29, 0.717) is 0 Å². The highest BCUT2D eigenvalue weighted by molar-refractivity contribution is 6.00. The van der Waals surface area contributed by atoms with E-state index in [1.165, 1.54) is 12.1 Å². The number of nitrogens with one attached hydrogen (secondary N) is 1. The monoisotopic (exact) mass is 283 g/mol. The Morgan fingerprint density at radius 2 is 2.00 bits per heavy atom. The highest BCUT2D eigenvalue weighted by Crippen LogP contribution is 2.16. The molecule has 1 rings (SSSR count). The molecule has 108 valence electrons. The van der Waals surface area contributed by atoms with Gasteiger partial charge in [0.15, 0.2) is 0 Å². The van der Waals surface area contributed by atoms with Gasteiger partial charge in [0.1, 0.15) is 11.9 Å². The largest absolute Gasteiger partial charge is 0.480 e. The Bertz CT molecular complexity index is 548. The van der Waals surface area contributed by atoms with Crippen LogP contribution in [0, 0.1) is 5.82 Å². The zero-order chi connectivity index (χ0) is 15.3. The summed E-state index contributed by atoms with van der Waals surface area (Å²) in [5.41, 5.74) is 9.77. The number of carboxylic acids is 1. The molecule has 7 nitrogen and oxygen atoms in total. The lowest BCUT2D eigenvalue weighted by molar-refractivity contribution is -0.139. The van der Waals surface area contributed by atoms with Crippen molar-refractivity contribution in [1.82, 2.24) is 5.32 Å². The average molecular weight is 283 g/mol. The molecule has 1 aromatic carbocycles. The third kappa shape index (κ3) is 3.94. The third-order valence-corrected chi connectivity index (χ3v) is 2.58. The van der Waals surface area contributed by atoms with E-state index in [2.05, 4.69) is 5.32 Å². The topological polar surface area (TPSA) is 136 Å². The Kier molecular flexibility index (Phi) is 5.01. The van der Waals surface area contributed by atoms with Crippen molar-refractivity contribution in [2.75, 3.05) is 5.73 Å². The molecule has 0 heterocycles. The molecule has 0 saturated heterocycles. The first-order chi connectivity index (χ1) is 9.32.